The summed E-state index contributed by atoms with van der Waals surface area (Å²) in [6.45, 7) is 1.50. The summed E-state index contributed by atoms with van der Waals surface area (Å²) in [5.74, 6) is -0.392. The molecule has 1 unspecified atom stereocenters. The van der Waals surface area contributed by atoms with Crippen molar-refractivity contribution in [2.45, 2.75) is 13.0 Å². The van der Waals surface area contributed by atoms with Gasteiger partial charge in [0.05, 0.1) is 21.3 Å². The quantitative estimate of drug-likeness (QED) is 0.341. The third-order valence-electron chi connectivity index (χ3n) is 4.49. The zero-order valence-corrected chi connectivity index (χ0v) is 19.0. The SMILES string of the molecule is CC(OC(=O)c1ccc(-c2ncc[nH]2)cc1)C(=O)Nc1nc(-c2ccc(Cl)c(Cl)c2)cs1. The van der Waals surface area contributed by atoms with Crippen molar-refractivity contribution < 1.29 is 14.3 Å². The Balaban J connectivity index is 1.36. The number of nitrogens with zero attached hydrogens (tertiary/aromatic N) is 2. The lowest BCUT2D eigenvalue weighted by Gasteiger charge is -2.12. The number of imidazole rings is 1. The predicted molar refractivity (Wildman–Crippen MR) is 125 cm³/mol. The van der Waals surface area contributed by atoms with Gasteiger partial charge in [0.1, 0.15) is 5.82 Å². The lowest BCUT2D eigenvalue weighted by Crippen LogP contribution is -2.29. The molecule has 2 N–H and O–H groups in total. The summed E-state index contributed by atoms with van der Waals surface area (Å²) in [5.41, 5.74) is 2.58. The first-order valence-electron chi connectivity index (χ1n) is 9.43. The maximum absolute atomic E-state index is 12.5. The highest BCUT2D eigenvalue weighted by Gasteiger charge is 2.20. The van der Waals surface area contributed by atoms with Gasteiger partial charge in [0, 0.05) is 28.9 Å². The Morgan fingerprint density at radius 1 is 1.09 bits per heavy atom. The molecule has 1 amide bonds. The largest absolute Gasteiger partial charge is 0.449 e. The summed E-state index contributed by atoms with van der Waals surface area (Å²) in [6.07, 6.45) is 2.35. The number of carbonyl (C=O) groups excluding carboxylic acids is 2. The van der Waals surface area contributed by atoms with Crippen LogP contribution in [0.1, 0.15) is 17.3 Å². The van der Waals surface area contributed by atoms with Gasteiger partial charge in [0.15, 0.2) is 11.2 Å². The van der Waals surface area contributed by atoms with Crippen LogP contribution in [0.15, 0.2) is 60.2 Å². The van der Waals surface area contributed by atoms with E-state index in [4.69, 9.17) is 27.9 Å². The number of rotatable bonds is 6. The van der Waals surface area contributed by atoms with Crippen molar-refractivity contribution in [2.75, 3.05) is 5.32 Å². The monoisotopic (exact) mass is 486 g/mol. The van der Waals surface area contributed by atoms with E-state index in [1.54, 1.807) is 60.2 Å². The molecule has 2 aromatic carbocycles. The van der Waals surface area contributed by atoms with Crippen molar-refractivity contribution in [3.63, 3.8) is 0 Å². The molecule has 0 aliphatic heterocycles. The number of aromatic amines is 1. The molecule has 10 heteroatoms. The summed E-state index contributed by atoms with van der Waals surface area (Å²) < 4.78 is 5.29. The van der Waals surface area contributed by atoms with E-state index in [1.165, 1.54) is 18.3 Å². The molecule has 0 spiro atoms. The van der Waals surface area contributed by atoms with Crippen LogP contribution in [0.4, 0.5) is 5.13 Å². The molecule has 162 valence electrons. The molecule has 32 heavy (non-hydrogen) atoms. The van der Waals surface area contributed by atoms with Gasteiger partial charge in [-0.15, -0.1) is 11.3 Å². The van der Waals surface area contributed by atoms with Gasteiger partial charge in [-0.25, -0.2) is 14.8 Å². The normalized spacial score (nSPS) is 11.7. The van der Waals surface area contributed by atoms with Gasteiger partial charge >= 0.3 is 5.97 Å². The zero-order valence-electron chi connectivity index (χ0n) is 16.6. The van der Waals surface area contributed by atoms with Crippen LogP contribution >= 0.6 is 34.5 Å². The Labute approximate surface area is 197 Å². The summed E-state index contributed by atoms with van der Waals surface area (Å²) in [5, 5.41) is 5.69. The van der Waals surface area contributed by atoms with E-state index in [9.17, 15) is 9.59 Å². The minimum atomic E-state index is -1.01. The first-order valence-corrected chi connectivity index (χ1v) is 11.1. The van der Waals surface area contributed by atoms with Crippen molar-refractivity contribution in [3.05, 3.63) is 75.8 Å². The van der Waals surface area contributed by atoms with E-state index in [0.717, 1.165) is 11.1 Å². The Morgan fingerprint density at radius 3 is 2.53 bits per heavy atom. The molecule has 4 rings (SSSR count). The number of amides is 1. The highest BCUT2D eigenvalue weighted by molar-refractivity contribution is 7.14. The standard InChI is InChI=1S/C22H16Cl2N4O3S/c1-12(31-21(30)14-4-2-13(3-5-14)19-25-8-9-26-19)20(29)28-22-27-18(11-32-22)15-6-7-16(23)17(24)10-15/h2-12H,1H3,(H,25,26)(H,27,28,29). The van der Waals surface area contributed by atoms with E-state index >= 15 is 0 Å². The summed E-state index contributed by atoms with van der Waals surface area (Å²) in [4.78, 5) is 36.4. The van der Waals surface area contributed by atoms with Crippen LogP contribution in [0.3, 0.4) is 0 Å². The van der Waals surface area contributed by atoms with Gasteiger partial charge in [-0.2, -0.15) is 0 Å². The number of H-pyrrole nitrogens is 1. The van der Waals surface area contributed by atoms with Gasteiger partial charge in [-0.1, -0.05) is 41.4 Å². The van der Waals surface area contributed by atoms with Crippen molar-refractivity contribution in [2.24, 2.45) is 0 Å². The fourth-order valence-electron chi connectivity index (χ4n) is 2.80. The topological polar surface area (TPSA) is 97.0 Å². The van der Waals surface area contributed by atoms with Gasteiger partial charge in [0.2, 0.25) is 0 Å². The molecule has 0 saturated carbocycles. The molecule has 1 atom stereocenters. The second-order valence-electron chi connectivity index (χ2n) is 6.72. The van der Waals surface area contributed by atoms with Crippen LogP contribution in [0.2, 0.25) is 10.0 Å². The van der Waals surface area contributed by atoms with Crippen LogP contribution in [0.25, 0.3) is 22.6 Å². The van der Waals surface area contributed by atoms with Gasteiger partial charge in [-0.05, 0) is 31.2 Å². The number of ether oxygens (including phenoxy) is 1. The molecule has 0 fully saturated rings. The molecule has 2 aromatic heterocycles. The number of nitrogens with one attached hydrogen (secondary N) is 2. The maximum Gasteiger partial charge on any atom is 0.338 e. The Morgan fingerprint density at radius 2 is 1.84 bits per heavy atom. The summed E-state index contributed by atoms with van der Waals surface area (Å²) in [6, 6.07) is 11.9. The van der Waals surface area contributed by atoms with Gasteiger partial charge in [-0.3, -0.25) is 10.1 Å². The summed E-state index contributed by atoms with van der Waals surface area (Å²) >= 11 is 13.2. The minimum absolute atomic E-state index is 0.330. The van der Waals surface area contributed by atoms with E-state index in [2.05, 4.69) is 20.3 Å². The summed E-state index contributed by atoms with van der Waals surface area (Å²) in [7, 11) is 0. The van der Waals surface area contributed by atoms with Crippen molar-refractivity contribution >= 4 is 51.5 Å². The molecular formula is C22H16Cl2N4O3S. The molecule has 0 radical (unpaired) electrons. The Hall–Kier alpha value is -3.20. The Bertz CT molecular complexity index is 1260. The van der Waals surface area contributed by atoms with Crippen LogP contribution in [-0.2, 0) is 9.53 Å². The van der Waals surface area contributed by atoms with Gasteiger partial charge < -0.3 is 9.72 Å². The van der Waals surface area contributed by atoms with Crippen molar-refractivity contribution in [1.82, 2.24) is 15.0 Å². The molecule has 0 aliphatic rings. The number of hydrogen-bond acceptors (Lipinski definition) is 6. The van der Waals surface area contributed by atoms with E-state index in [1.807, 2.05) is 0 Å². The number of esters is 1. The van der Waals surface area contributed by atoms with Crippen molar-refractivity contribution in [1.29, 1.82) is 0 Å². The smallest absolute Gasteiger partial charge is 0.338 e. The average molecular weight is 487 g/mol. The predicted octanol–water partition coefficient (Wildman–Crippen LogP) is 5.69. The zero-order chi connectivity index (χ0) is 22.7. The number of thiazole rings is 1. The second-order valence-corrected chi connectivity index (χ2v) is 8.39. The van der Waals surface area contributed by atoms with E-state index in [-0.39, 0.29) is 0 Å². The lowest BCUT2D eigenvalue weighted by molar-refractivity contribution is -0.123. The third kappa shape index (κ3) is 4.99. The highest BCUT2D eigenvalue weighted by Crippen LogP contribution is 2.30. The Kier molecular flexibility index (Phi) is 6.55. The first kappa shape index (κ1) is 22.0. The number of halogens is 2. The first-order chi connectivity index (χ1) is 15.4. The molecule has 2 heterocycles. The fraction of sp³-hybridized carbons (Fsp3) is 0.0909. The maximum atomic E-state index is 12.5. The molecule has 4 aromatic rings. The molecule has 0 bridgehead atoms. The third-order valence-corrected chi connectivity index (χ3v) is 5.99. The lowest BCUT2D eigenvalue weighted by atomic mass is 10.1. The number of hydrogen-bond donors (Lipinski definition) is 2. The number of aromatic nitrogens is 3. The average Bonchev–Trinajstić information content (AvgIpc) is 3.48. The number of benzene rings is 2. The van der Waals surface area contributed by atoms with Crippen LogP contribution < -0.4 is 5.32 Å². The minimum Gasteiger partial charge on any atom is -0.449 e. The van der Waals surface area contributed by atoms with E-state index in [0.29, 0.717) is 32.3 Å². The molecule has 7 nitrogen and oxygen atoms in total. The second kappa shape index (κ2) is 9.52. The number of anilines is 1. The number of carbonyl (C=O) groups is 2. The molecule has 0 saturated heterocycles. The van der Waals surface area contributed by atoms with Crippen LogP contribution in [0, 0.1) is 0 Å². The fourth-order valence-corrected chi connectivity index (χ4v) is 3.82. The molecule has 0 aliphatic carbocycles. The van der Waals surface area contributed by atoms with Crippen LogP contribution in [0.5, 0.6) is 0 Å². The van der Waals surface area contributed by atoms with Gasteiger partial charge in [0.25, 0.3) is 5.91 Å². The molecular weight excluding hydrogens is 471 g/mol. The van der Waals surface area contributed by atoms with E-state index < -0.39 is 18.0 Å². The highest BCUT2D eigenvalue weighted by atomic mass is 35.5. The van der Waals surface area contributed by atoms with Crippen molar-refractivity contribution in [3.8, 4) is 22.6 Å². The van der Waals surface area contributed by atoms with Crippen LogP contribution in [-0.4, -0.2) is 32.9 Å².